The maximum absolute atomic E-state index is 13.2. The molecule has 2 amide bonds. The van der Waals surface area contributed by atoms with E-state index in [2.05, 4.69) is 15.6 Å². The number of nitrogens with zero attached hydrogens (tertiary/aromatic N) is 2. The molecule has 0 atom stereocenters. The van der Waals surface area contributed by atoms with E-state index in [1.807, 2.05) is 19.0 Å². The quantitative estimate of drug-likeness (QED) is 0.836. The highest BCUT2D eigenvalue weighted by Crippen LogP contribution is 2.14. The van der Waals surface area contributed by atoms with E-state index in [0.717, 1.165) is 12.1 Å². The van der Waals surface area contributed by atoms with Crippen molar-refractivity contribution >= 4 is 17.5 Å². The van der Waals surface area contributed by atoms with Gasteiger partial charge in [-0.15, -0.1) is 0 Å². The van der Waals surface area contributed by atoms with Crippen molar-refractivity contribution in [2.75, 3.05) is 32.5 Å². The van der Waals surface area contributed by atoms with Crippen molar-refractivity contribution in [1.82, 2.24) is 15.2 Å². The first kappa shape index (κ1) is 18.5. The van der Waals surface area contributed by atoms with Gasteiger partial charge in [0.1, 0.15) is 5.69 Å². The predicted octanol–water partition coefficient (Wildman–Crippen LogP) is 1.90. The molecule has 0 radical (unpaired) electrons. The number of pyridine rings is 1. The molecule has 0 aliphatic carbocycles. The number of anilines is 1. The Kier molecular flexibility index (Phi) is 6.13. The van der Waals surface area contributed by atoms with E-state index in [4.69, 9.17) is 0 Å². The van der Waals surface area contributed by atoms with Gasteiger partial charge in [0.2, 0.25) is 0 Å². The molecule has 1 aromatic carbocycles. The number of rotatable bonds is 6. The summed E-state index contributed by atoms with van der Waals surface area (Å²) >= 11 is 0. The standard InChI is InChI=1S/C17H18F2N4O2/c1-23(2)8-7-21-16(24)11-5-6-20-15(9-11)17(25)22-12-3-4-13(18)14(19)10-12/h3-6,9-10H,7-8H2,1-2H3,(H,21,24)(H,22,25). The van der Waals surface area contributed by atoms with Crippen LogP contribution < -0.4 is 10.6 Å². The molecule has 0 aliphatic heterocycles. The van der Waals surface area contributed by atoms with Crippen molar-refractivity contribution < 1.29 is 18.4 Å². The summed E-state index contributed by atoms with van der Waals surface area (Å²) in [5, 5.41) is 5.13. The predicted molar refractivity (Wildman–Crippen MR) is 89.4 cm³/mol. The molecule has 0 saturated carbocycles. The van der Waals surface area contributed by atoms with Crippen molar-refractivity contribution in [3.63, 3.8) is 0 Å². The first-order valence-electron chi connectivity index (χ1n) is 7.52. The van der Waals surface area contributed by atoms with Crippen LogP contribution in [0.4, 0.5) is 14.5 Å². The zero-order valence-corrected chi connectivity index (χ0v) is 13.8. The lowest BCUT2D eigenvalue weighted by atomic mass is 10.2. The molecule has 0 fully saturated rings. The lowest BCUT2D eigenvalue weighted by Crippen LogP contribution is -2.31. The molecular weight excluding hydrogens is 330 g/mol. The van der Waals surface area contributed by atoms with Gasteiger partial charge in [0.05, 0.1) is 0 Å². The van der Waals surface area contributed by atoms with E-state index >= 15 is 0 Å². The summed E-state index contributed by atoms with van der Waals surface area (Å²) in [5.41, 5.74) is 0.362. The maximum Gasteiger partial charge on any atom is 0.274 e. The van der Waals surface area contributed by atoms with Gasteiger partial charge >= 0.3 is 0 Å². The van der Waals surface area contributed by atoms with Crippen molar-refractivity contribution in [2.24, 2.45) is 0 Å². The van der Waals surface area contributed by atoms with Crippen LogP contribution >= 0.6 is 0 Å². The first-order valence-corrected chi connectivity index (χ1v) is 7.52. The molecule has 0 bridgehead atoms. The Labute approximate surface area is 143 Å². The molecule has 0 spiro atoms. The smallest absolute Gasteiger partial charge is 0.274 e. The van der Waals surface area contributed by atoms with Gasteiger partial charge in [-0.05, 0) is 38.4 Å². The second-order valence-corrected chi connectivity index (χ2v) is 5.57. The molecule has 132 valence electrons. The monoisotopic (exact) mass is 348 g/mol. The van der Waals surface area contributed by atoms with E-state index in [0.29, 0.717) is 13.1 Å². The fraction of sp³-hybridized carbons (Fsp3) is 0.235. The SMILES string of the molecule is CN(C)CCNC(=O)c1ccnc(C(=O)Nc2ccc(F)c(F)c2)c1. The third-order valence-corrected chi connectivity index (χ3v) is 3.28. The van der Waals surface area contributed by atoms with Crippen LogP contribution in [0.15, 0.2) is 36.5 Å². The number of nitrogens with one attached hydrogen (secondary N) is 2. The zero-order chi connectivity index (χ0) is 18.4. The number of carbonyl (C=O) groups excluding carboxylic acids is 2. The third-order valence-electron chi connectivity index (χ3n) is 3.28. The summed E-state index contributed by atoms with van der Waals surface area (Å²) in [6.07, 6.45) is 1.33. The highest BCUT2D eigenvalue weighted by molar-refractivity contribution is 6.04. The number of amides is 2. The summed E-state index contributed by atoms with van der Waals surface area (Å²) in [6.45, 7) is 1.14. The molecule has 2 aromatic rings. The Hall–Kier alpha value is -2.87. The van der Waals surface area contributed by atoms with Gasteiger partial charge in [0.15, 0.2) is 11.6 Å². The second-order valence-electron chi connectivity index (χ2n) is 5.57. The molecular formula is C17H18F2N4O2. The minimum absolute atomic E-state index is 0.00927. The van der Waals surface area contributed by atoms with Gasteiger partial charge in [0.25, 0.3) is 11.8 Å². The van der Waals surface area contributed by atoms with Gasteiger partial charge in [-0.2, -0.15) is 0 Å². The average Bonchev–Trinajstić information content (AvgIpc) is 2.58. The molecule has 6 nitrogen and oxygen atoms in total. The minimum Gasteiger partial charge on any atom is -0.351 e. The van der Waals surface area contributed by atoms with Crippen LogP contribution in [0, 0.1) is 11.6 Å². The molecule has 1 heterocycles. The van der Waals surface area contributed by atoms with Crippen molar-refractivity contribution in [2.45, 2.75) is 0 Å². The van der Waals surface area contributed by atoms with Crippen LogP contribution in [-0.4, -0.2) is 48.9 Å². The fourth-order valence-corrected chi connectivity index (χ4v) is 1.96. The summed E-state index contributed by atoms with van der Waals surface area (Å²) in [4.78, 5) is 30.0. The minimum atomic E-state index is -1.07. The number of carbonyl (C=O) groups is 2. The van der Waals surface area contributed by atoms with E-state index in [9.17, 15) is 18.4 Å². The number of halogens is 2. The molecule has 2 rings (SSSR count). The lowest BCUT2D eigenvalue weighted by molar-refractivity contribution is 0.0951. The van der Waals surface area contributed by atoms with Crippen LogP contribution in [0.3, 0.4) is 0 Å². The van der Waals surface area contributed by atoms with Crippen LogP contribution in [0.25, 0.3) is 0 Å². The summed E-state index contributed by atoms with van der Waals surface area (Å²) < 4.78 is 26.1. The highest BCUT2D eigenvalue weighted by atomic mass is 19.2. The summed E-state index contributed by atoms with van der Waals surface area (Å²) in [6, 6.07) is 5.83. The number of likely N-dealkylation sites (N-methyl/N-ethyl adjacent to an activating group) is 1. The molecule has 1 aromatic heterocycles. The van der Waals surface area contributed by atoms with Crippen molar-refractivity contribution in [1.29, 1.82) is 0 Å². The lowest BCUT2D eigenvalue weighted by Gasteiger charge is -2.11. The van der Waals surface area contributed by atoms with Crippen LogP contribution in [0.1, 0.15) is 20.8 Å². The molecule has 0 saturated heterocycles. The summed E-state index contributed by atoms with van der Waals surface area (Å²) in [5.74, 6) is -3.03. The topological polar surface area (TPSA) is 74.3 Å². The Morgan fingerprint density at radius 1 is 1.08 bits per heavy atom. The Morgan fingerprint density at radius 3 is 2.52 bits per heavy atom. The zero-order valence-electron chi connectivity index (χ0n) is 13.8. The molecule has 0 aliphatic rings. The van der Waals surface area contributed by atoms with Gasteiger partial charge in [-0.1, -0.05) is 0 Å². The number of hydrogen-bond acceptors (Lipinski definition) is 4. The largest absolute Gasteiger partial charge is 0.351 e. The van der Waals surface area contributed by atoms with Crippen LogP contribution in [-0.2, 0) is 0 Å². The first-order chi connectivity index (χ1) is 11.9. The van der Waals surface area contributed by atoms with Crippen molar-refractivity contribution in [3.05, 3.63) is 59.4 Å². The Balaban J connectivity index is 2.05. The number of hydrogen-bond donors (Lipinski definition) is 2. The Bertz CT molecular complexity index is 781. The van der Waals surface area contributed by atoms with Crippen LogP contribution in [0.5, 0.6) is 0 Å². The Morgan fingerprint density at radius 2 is 1.84 bits per heavy atom. The van der Waals surface area contributed by atoms with Crippen LogP contribution in [0.2, 0.25) is 0 Å². The third kappa shape index (κ3) is 5.32. The highest BCUT2D eigenvalue weighted by Gasteiger charge is 2.13. The van der Waals surface area contributed by atoms with E-state index in [1.54, 1.807) is 0 Å². The van der Waals surface area contributed by atoms with Gasteiger partial charge in [0, 0.05) is 36.6 Å². The molecule has 2 N–H and O–H groups in total. The average molecular weight is 348 g/mol. The van der Waals surface area contributed by atoms with Gasteiger partial charge in [-0.25, -0.2) is 8.78 Å². The number of aromatic nitrogens is 1. The van der Waals surface area contributed by atoms with Gasteiger partial charge in [-0.3, -0.25) is 14.6 Å². The molecule has 25 heavy (non-hydrogen) atoms. The molecule has 8 heteroatoms. The van der Waals surface area contributed by atoms with Crippen molar-refractivity contribution in [3.8, 4) is 0 Å². The molecule has 0 unspecified atom stereocenters. The van der Waals surface area contributed by atoms with Gasteiger partial charge < -0.3 is 15.5 Å². The van der Waals surface area contributed by atoms with E-state index < -0.39 is 17.5 Å². The second kappa shape index (κ2) is 8.29. The number of benzene rings is 1. The summed E-state index contributed by atoms with van der Waals surface area (Å²) in [7, 11) is 3.78. The van der Waals surface area contributed by atoms with E-state index in [1.165, 1.54) is 24.4 Å². The van der Waals surface area contributed by atoms with E-state index in [-0.39, 0.29) is 22.9 Å². The normalized spacial score (nSPS) is 10.6. The fourth-order valence-electron chi connectivity index (χ4n) is 1.96. The maximum atomic E-state index is 13.2.